The molecule has 1 aliphatic carbocycles. The molecule has 0 radical (unpaired) electrons. The summed E-state index contributed by atoms with van der Waals surface area (Å²) in [4.78, 5) is 0. The predicted molar refractivity (Wildman–Crippen MR) is 78.7 cm³/mol. The Balaban J connectivity index is 1.81. The molecule has 1 N–H and O–H groups in total. The number of hydrogen-bond donors (Lipinski definition) is 1. The number of rotatable bonds is 4. The van der Waals surface area contributed by atoms with Crippen LogP contribution in [0.1, 0.15) is 56.7 Å². The van der Waals surface area contributed by atoms with E-state index in [1.54, 1.807) is 0 Å². The molecule has 0 spiro atoms. The second-order valence-electron chi connectivity index (χ2n) is 6.11. The topological polar surface area (TPSA) is 12.0 Å². The van der Waals surface area contributed by atoms with Gasteiger partial charge in [0.15, 0.2) is 0 Å². The monoisotopic (exact) mass is 245 g/mol. The Morgan fingerprint density at radius 1 is 1.17 bits per heavy atom. The third-order valence-corrected chi connectivity index (χ3v) is 4.50. The quantitative estimate of drug-likeness (QED) is 0.825. The van der Waals surface area contributed by atoms with Crippen LogP contribution in [0.25, 0.3) is 0 Å². The zero-order chi connectivity index (χ0) is 13.0. The average Bonchev–Trinajstić information content (AvgIpc) is 2.38. The first-order chi connectivity index (χ1) is 8.66. The van der Waals surface area contributed by atoms with Crippen LogP contribution in [-0.2, 0) is 0 Å². The molecule has 1 nitrogen and oxygen atoms in total. The SMILES string of the molecule is Cc1ccccc1[C@H](C)NCC1CCC(C)CC1. The average molecular weight is 245 g/mol. The highest BCUT2D eigenvalue weighted by Gasteiger charge is 2.18. The molecular weight excluding hydrogens is 218 g/mol. The standard InChI is InChI=1S/C17H27N/c1-13-8-10-16(11-9-13)12-18-15(3)17-7-5-4-6-14(17)2/h4-7,13,15-16,18H,8-12H2,1-3H3/t13?,15-,16?/m0/s1. The maximum atomic E-state index is 3.72. The molecule has 1 fully saturated rings. The molecule has 1 heteroatoms. The molecule has 2 rings (SSSR count). The molecule has 0 bridgehead atoms. The Labute approximate surface area is 112 Å². The van der Waals surface area contributed by atoms with Gasteiger partial charge in [-0.25, -0.2) is 0 Å². The van der Waals surface area contributed by atoms with E-state index in [0.717, 1.165) is 11.8 Å². The van der Waals surface area contributed by atoms with E-state index in [4.69, 9.17) is 0 Å². The van der Waals surface area contributed by atoms with Crippen LogP contribution < -0.4 is 5.32 Å². The summed E-state index contributed by atoms with van der Waals surface area (Å²) < 4.78 is 0. The van der Waals surface area contributed by atoms with Crippen molar-refractivity contribution in [3.8, 4) is 0 Å². The third-order valence-electron chi connectivity index (χ3n) is 4.50. The van der Waals surface area contributed by atoms with E-state index in [1.807, 2.05) is 0 Å². The molecule has 0 aromatic heterocycles. The predicted octanol–water partition coefficient (Wildman–Crippen LogP) is 4.47. The fourth-order valence-electron chi connectivity index (χ4n) is 3.06. The van der Waals surface area contributed by atoms with Crippen molar-refractivity contribution in [1.29, 1.82) is 0 Å². The molecule has 0 amide bonds. The second kappa shape index (κ2) is 6.38. The van der Waals surface area contributed by atoms with Gasteiger partial charge in [0.1, 0.15) is 0 Å². The van der Waals surface area contributed by atoms with Gasteiger partial charge in [-0.3, -0.25) is 0 Å². The van der Waals surface area contributed by atoms with Crippen molar-refractivity contribution in [1.82, 2.24) is 5.32 Å². The maximum absolute atomic E-state index is 3.72. The molecule has 18 heavy (non-hydrogen) atoms. The zero-order valence-electron chi connectivity index (χ0n) is 12.1. The Bertz CT molecular complexity index is 364. The minimum absolute atomic E-state index is 0.477. The molecule has 1 saturated carbocycles. The van der Waals surface area contributed by atoms with E-state index in [9.17, 15) is 0 Å². The van der Waals surface area contributed by atoms with Gasteiger partial charge >= 0.3 is 0 Å². The lowest BCUT2D eigenvalue weighted by Gasteiger charge is -2.28. The van der Waals surface area contributed by atoms with Crippen LogP contribution in [0.5, 0.6) is 0 Å². The third kappa shape index (κ3) is 3.58. The van der Waals surface area contributed by atoms with Crippen molar-refractivity contribution in [3.63, 3.8) is 0 Å². The van der Waals surface area contributed by atoms with E-state index >= 15 is 0 Å². The molecule has 0 saturated heterocycles. The first-order valence-corrected chi connectivity index (χ1v) is 7.45. The summed E-state index contributed by atoms with van der Waals surface area (Å²) in [6, 6.07) is 9.19. The van der Waals surface area contributed by atoms with Gasteiger partial charge in [0.25, 0.3) is 0 Å². The number of aryl methyl sites for hydroxylation is 1. The second-order valence-corrected chi connectivity index (χ2v) is 6.11. The number of nitrogens with one attached hydrogen (secondary N) is 1. The van der Waals surface area contributed by atoms with Crippen LogP contribution in [0.2, 0.25) is 0 Å². The van der Waals surface area contributed by atoms with Crippen LogP contribution in [0.15, 0.2) is 24.3 Å². The first kappa shape index (κ1) is 13.6. The van der Waals surface area contributed by atoms with Crippen LogP contribution in [0, 0.1) is 18.8 Å². The number of benzene rings is 1. The summed E-state index contributed by atoms with van der Waals surface area (Å²) in [5, 5.41) is 3.72. The minimum atomic E-state index is 0.477. The van der Waals surface area contributed by atoms with E-state index in [2.05, 4.69) is 50.4 Å². The van der Waals surface area contributed by atoms with Gasteiger partial charge in [-0.1, -0.05) is 44.0 Å². The van der Waals surface area contributed by atoms with E-state index in [1.165, 1.54) is 43.4 Å². The van der Waals surface area contributed by atoms with Crippen LogP contribution in [0.4, 0.5) is 0 Å². The molecule has 1 atom stereocenters. The molecule has 100 valence electrons. The van der Waals surface area contributed by atoms with Gasteiger partial charge < -0.3 is 5.32 Å². The summed E-state index contributed by atoms with van der Waals surface area (Å²) in [7, 11) is 0. The fourth-order valence-corrected chi connectivity index (χ4v) is 3.06. The lowest BCUT2D eigenvalue weighted by Crippen LogP contribution is -2.28. The van der Waals surface area contributed by atoms with Crippen LogP contribution in [0.3, 0.4) is 0 Å². The summed E-state index contributed by atoms with van der Waals surface area (Å²) in [6.45, 7) is 8.06. The smallest absolute Gasteiger partial charge is 0.0294 e. The first-order valence-electron chi connectivity index (χ1n) is 7.45. The number of hydrogen-bond acceptors (Lipinski definition) is 1. The maximum Gasteiger partial charge on any atom is 0.0294 e. The molecule has 0 aliphatic heterocycles. The van der Waals surface area contributed by atoms with Crippen LogP contribution in [-0.4, -0.2) is 6.54 Å². The van der Waals surface area contributed by atoms with Crippen LogP contribution >= 0.6 is 0 Å². The van der Waals surface area contributed by atoms with Gasteiger partial charge in [0.05, 0.1) is 0 Å². The molecule has 0 heterocycles. The van der Waals surface area contributed by atoms with Crippen molar-refractivity contribution in [2.45, 2.75) is 52.5 Å². The van der Waals surface area contributed by atoms with Gasteiger partial charge in [-0.05, 0) is 56.2 Å². The van der Waals surface area contributed by atoms with Gasteiger partial charge in [-0.2, -0.15) is 0 Å². The molecule has 0 unspecified atom stereocenters. The Morgan fingerprint density at radius 2 is 1.83 bits per heavy atom. The molecular formula is C17H27N. The summed E-state index contributed by atoms with van der Waals surface area (Å²) in [5.74, 6) is 1.85. The van der Waals surface area contributed by atoms with Gasteiger partial charge in [-0.15, -0.1) is 0 Å². The van der Waals surface area contributed by atoms with E-state index < -0.39 is 0 Å². The highest BCUT2D eigenvalue weighted by molar-refractivity contribution is 5.28. The lowest BCUT2D eigenvalue weighted by molar-refractivity contribution is 0.276. The van der Waals surface area contributed by atoms with Crippen molar-refractivity contribution in [2.24, 2.45) is 11.8 Å². The van der Waals surface area contributed by atoms with Gasteiger partial charge in [0, 0.05) is 6.04 Å². The largest absolute Gasteiger partial charge is 0.310 e. The van der Waals surface area contributed by atoms with Gasteiger partial charge in [0.2, 0.25) is 0 Å². The lowest BCUT2D eigenvalue weighted by atomic mass is 9.83. The summed E-state index contributed by atoms with van der Waals surface area (Å²) in [6.07, 6.45) is 5.67. The Hall–Kier alpha value is -0.820. The zero-order valence-corrected chi connectivity index (χ0v) is 12.1. The highest BCUT2D eigenvalue weighted by atomic mass is 14.9. The molecule has 1 aromatic carbocycles. The Morgan fingerprint density at radius 3 is 2.50 bits per heavy atom. The van der Waals surface area contributed by atoms with Crippen molar-refractivity contribution >= 4 is 0 Å². The summed E-state index contributed by atoms with van der Waals surface area (Å²) in [5.41, 5.74) is 2.84. The highest BCUT2D eigenvalue weighted by Crippen LogP contribution is 2.28. The molecule has 1 aromatic rings. The Kier molecular flexibility index (Phi) is 4.82. The van der Waals surface area contributed by atoms with Crippen molar-refractivity contribution < 1.29 is 0 Å². The normalized spacial score (nSPS) is 25.9. The minimum Gasteiger partial charge on any atom is -0.310 e. The van der Waals surface area contributed by atoms with Crippen molar-refractivity contribution in [2.75, 3.05) is 6.54 Å². The molecule has 1 aliphatic rings. The van der Waals surface area contributed by atoms with Crippen molar-refractivity contribution in [3.05, 3.63) is 35.4 Å². The van der Waals surface area contributed by atoms with E-state index in [-0.39, 0.29) is 0 Å². The van der Waals surface area contributed by atoms with E-state index in [0.29, 0.717) is 6.04 Å². The fraction of sp³-hybridized carbons (Fsp3) is 0.647. The summed E-state index contributed by atoms with van der Waals surface area (Å²) >= 11 is 0.